The lowest BCUT2D eigenvalue weighted by atomic mass is 9.93. The van der Waals surface area contributed by atoms with Crippen molar-refractivity contribution in [2.45, 2.75) is 53.1 Å². The van der Waals surface area contributed by atoms with Crippen molar-refractivity contribution in [3.8, 4) is 0 Å². The predicted octanol–water partition coefficient (Wildman–Crippen LogP) is 4.30. The van der Waals surface area contributed by atoms with Gasteiger partial charge in [0.05, 0.1) is 23.3 Å². The van der Waals surface area contributed by atoms with Gasteiger partial charge in [0.2, 0.25) is 11.9 Å². The van der Waals surface area contributed by atoms with E-state index in [4.69, 9.17) is 23.2 Å². The molecule has 1 aliphatic heterocycles. The van der Waals surface area contributed by atoms with Crippen molar-refractivity contribution in [1.29, 1.82) is 0 Å². The van der Waals surface area contributed by atoms with Crippen LogP contribution in [-0.4, -0.2) is 53.4 Å². The zero-order valence-corrected chi connectivity index (χ0v) is 19.6. The van der Waals surface area contributed by atoms with E-state index in [9.17, 15) is 4.79 Å². The molecule has 0 saturated carbocycles. The predicted molar refractivity (Wildman–Crippen MR) is 121 cm³/mol. The highest BCUT2D eigenvalue weighted by Gasteiger charge is 2.31. The molecule has 4 heterocycles. The molecule has 1 saturated heterocycles. The molecule has 1 fully saturated rings. The molecule has 4 rings (SSSR count). The molecule has 11 heteroatoms. The van der Waals surface area contributed by atoms with E-state index in [0.29, 0.717) is 52.6 Å². The lowest BCUT2D eigenvalue weighted by Gasteiger charge is -2.35. The summed E-state index contributed by atoms with van der Waals surface area (Å²) in [4.78, 5) is 23.3. The van der Waals surface area contributed by atoms with Crippen LogP contribution in [-0.2, 0) is 11.3 Å². The average molecular weight is 465 g/mol. The maximum Gasteiger partial charge on any atom is 0.229 e. The monoisotopic (exact) mass is 464 g/mol. The second-order valence-electron chi connectivity index (χ2n) is 8.75. The van der Waals surface area contributed by atoms with Crippen LogP contribution in [0.2, 0.25) is 10.3 Å². The molecule has 0 atom stereocenters. The van der Waals surface area contributed by atoms with Gasteiger partial charge in [-0.1, -0.05) is 44.0 Å². The van der Waals surface area contributed by atoms with E-state index >= 15 is 0 Å². The topological polar surface area (TPSA) is 93.8 Å². The van der Waals surface area contributed by atoms with Gasteiger partial charge in [-0.05, 0) is 19.8 Å². The van der Waals surface area contributed by atoms with Gasteiger partial charge in [-0.15, -0.1) is 0 Å². The second-order valence-corrected chi connectivity index (χ2v) is 9.47. The minimum atomic E-state index is -0.364. The molecule has 0 aliphatic carbocycles. The minimum absolute atomic E-state index is 0.181. The normalized spacial score (nSPS) is 15.6. The number of carbonyl (C=O) groups excluding carboxylic acids is 1. The number of hydrogen-bond acceptors (Lipinski definition) is 6. The number of rotatable bonds is 4. The molecule has 3 aromatic rings. The van der Waals surface area contributed by atoms with Gasteiger partial charge in [0.15, 0.2) is 16.0 Å². The lowest BCUT2D eigenvalue weighted by Crippen LogP contribution is -2.44. The zero-order chi connectivity index (χ0) is 22.3. The Balaban J connectivity index is 1.48. The summed E-state index contributed by atoms with van der Waals surface area (Å²) in [6.07, 6.45) is 5.17. The first-order valence-electron chi connectivity index (χ1n) is 10.4. The maximum atomic E-state index is 12.5. The van der Waals surface area contributed by atoms with Crippen LogP contribution in [0, 0.1) is 5.41 Å². The Bertz CT molecular complexity index is 1110. The number of piperidine rings is 1. The molecule has 0 spiro atoms. The summed E-state index contributed by atoms with van der Waals surface area (Å²) in [6, 6.07) is 0.181. The third-order valence-corrected chi connectivity index (χ3v) is 6.00. The Labute approximate surface area is 190 Å². The van der Waals surface area contributed by atoms with Gasteiger partial charge in [0.1, 0.15) is 0 Å². The first kappa shape index (κ1) is 21.8. The highest BCUT2D eigenvalue weighted by Crippen LogP contribution is 2.30. The highest BCUT2D eigenvalue weighted by molar-refractivity contribution is 6.34. The summed E-state index contributed by atoms with van der Waals surface area (Å²) in [5, 5.41) is 13.3. The quantitative estimate of drug-likeness (QED) is 0.618. The number of likely N-dealkylation sites (tertiary alicyclic amines) is 1. The highest BCUT2D eigenvalue weighted by atomic mass is 35.5. The molecule has 31 heavy (non-hydrogen) atoms. The summed E-state index contributed by atoms with van der Waals surface area (Å²) in [6.45, 7) is 9.90. The fraction of sp³-hybridized carbons (Fsp3) is 0.550. The molecule has 0 unspecified atom stereocenters. The molecule has 1 aliphatic rings. The molecule has 1 amide bonds. The van der Waals surface area contributed by atoms with Gasteiger partial charge in [-0.25, -0.2) is 9.67 Å². The van der Waals surface area contributed by atoms with Gasteiger partial charge >= 0.3 is 0 Å². The number of amides is 1. The van der Waals surface area contributed by atoms with E-state index in [1.807, 2.05) is 43.5 Å². The van der Waals surface area contributed by atoms with Crippen LogP contribution in [0.25, 0.3) is 11.0 Å². The van der Waals surface area contributed by atoms with Crippen molar-refractivity contribution in [2.75, 3.05) is 18.4 Å². The molecule has 0 aromatic carbocycles. The van der Waals surface area contributed by atoms with Crippen molar-refractivity contribution in [3.63, 3.8) is 0 Å². The number of aromatic nitrogens is 6. The smallest absolute Gasteiger partial charge is 0.229 e. The van der Waals surface area contributed by atoms with Gasteiger partial charge in [0.25, 0.3) is 0 Å². The van der Waals surface area contributed by atoms with Crippen molar-refractivity contribution in [2.24, 2.45) is 5.41 Å². The standard InChI is InChI=1S/C20H26Cl2N8O/c1-5-29-17-13(15(21)26-29)10-23-19(25-17)24-14-11-30(27-16(14)22)12-6-8-28(9-7-12)18(31)20(2,3)4/h10-12H,5-9H2,1-4H3,(H,23,24,25). The SMILES string of the molecule is CCn1nc(Cl)c2cnc(Nc3cn(C4CCN(C(=O)C(C)(C)C)CC4)nc3Cl)nc21. The van der Waals surface area contributed by atoms with Gasteiger partial charge in [-0.3, -0.25) is 9.48 Å². The van der Waals surface area contributed by atoms with Gasteiger partial charge in [0, 0.05) is 31.2 Å². The number of aryl methyl sites for hydroxylation is 1. The van der Waals surface area contributed by atoms with Crippen molar-refractivity contribution < 1.29 is 4.79 Å². The summed E-state index contributed by atoms with van der Waals surface area (Å²) in [5.41, 5.74) is 0.921. The Hall–Kier alpha value is -2.39. The Morgan fingerprint density at radius 3 is 2.55 bits per heavy atom. The van der Waals surface area contributed by atoms with Crippen molar-refractivity contribution >= 4 is 51.8 Å². The summed E-state index contributed by atoms with van der Waals surface area (Å²) in [5.74, 6) is 0.580. The largest absolute Gasteiger partial charge is 0.342 e. The Morgan fingerprint density at radius 1 is 1.19 bits per heavy atom. The van der Waals surface area contributed by atoms with E-state index < -0.39 is 0 Å². The van der Waals surface area contributed by atoms with Crippen LogP contribution >= 0.6 is 23.2 Å². The summed E-state index contributed by atoms with van der Waals surface area (Å²) < 4.78 is 3.59. The van der Waals surface area contributed by atoms with E-state index in [1.165, 1.54) is 0 Å². The zero-order valence-electron chi connectivity index (χ0n) is 18.1. The van der Waals surface area contributed by atoms with Crippen molar-refractivity contribution in [1.82, 2.24) is 34.4 Å². The third kappa shape index (κ3) is 4.34. The van der Waals surface area contributed by atoms with Crippen LogP contribution in [0.3, 0.4) is 0 Å². The van der Waals surface area contributed by atoms with Crippen LogP contribution in [0.5, 0.6) is 0 Å². The minimum Gasteiger partial charge on any atom is -0.342 e. The molecule has 166 valence electrons. The van der Waals surface area contributed by atoms with E-state index in [-0.39, 0.29) is 17.4 Å². The van der Waals surface area contributed by atoms with E-state index in [1.54, 1.807) is 10.9 Å². The molecular formula is C20H26Cl2N8O. The molecule has 3 aromatic heterocycles. The number of fused-ring (bicyclic) bond motifs is 1. The van der Waals surface area contributed by atoms with Gasteiger partial charge in [-0.2, -0.15) is 15.2 Å². The number of nitrogens with zero attached hydrogens (tertiary/aromatic N) is 7. The number of anilines is 2. The van der Waals surface area contributed by atoms with Crippen molar-refractivity contribution in [3.05, 3.63) is 22.7 Å². The molecule has 0 bridgehead atoms. The number of halogens is 2. The fourth-order valence-corrected chi connectivity index (χ4v) is 4.18. The molecule has 9 nitrogen and oxygen atoms in total. The van der Waals surface area contributed by atoms with E-state index in [2.05, 4.69) is 25.5 Å². The van der Waals surface area contributed by atoms with Crippen LogP contribution in [0.1, 0.15) is 46.6 Å². The van der Waals surface area contributed by atoms with Gasteiger partial charge < -0.3 is 10.2 Å². The number of carbonyl (C=O) groups is 1. The lowest BCUT2D eigenvalue weighted by molar-refractivity contribution is -0.140. The van der Waals surface area contributed by atoms with E-state index in [0.717, 1.165) is 12.8 Å². The first-order valence-corrected chi connectivity index (χ1v) is 11.1. The average Bonchev–Trinajstić information content (AvgIpc) is 3.26. The Kier molecular flexibility index (Phi) is 5.83. The summed E-state index contributed by atoms with van der Waals surface area (Å²) in [7, 11) is 0. The number of nitrogens with one attached hydrogen (secondary N) is 1. The second kappa shape index (κ2) is 8.27. The molecule has 1 N–H and O–H groups in total. The number of hydrogen-bond donors (Lipinski definition) is 1. The van der Waals surface area contributed by atoms with Crippen LogP contribution in [0.15, 0.2) is 12.4 Å². The fourth-order valence-electron chi connectivity index (χ4n) is 3.77. The first-order chi connectivity index (χ1) is 14.7. The molecule has 0 radical (unpaired) electrons. The maximum absolute atomic E-state index is 12.5. The Morgan fingerprint density at radius 2 is 1.90 bits per heavy atom. The molecular weight excluding hydrogens is 439 g/mol. The third-order valence-electron chi connectivity index (χ3n) is 5.44. The van der Waals surface area contributed by atoms with Crippen LogP contribution in [0.4, 0.5) is 11.6 Å². The summed E-state index contributed by atoms with van der Waals surface area (Å²) >= 11 is 12.5. The van der Waals surface area contributed by atoms with Crippen LogP contribution < -0.4 is 5.32 Å².